The molecule has 1 aromatic carbocycles. The Bertz CT molecular complexity index is 514. The van der Waals surface area contributed by atoms with E-state index in [4.69, 9.17) is 4.74 Å². The number of hydrogen-bond acceptors (Lipinski definition) is 4. The molecule has 1 heterocycles. The van der Waals surface area contributed by atoms with Crippen molar-refractivity contribution in [3.05, 3.63) is 23.8 Å². The highest BCUT2D eigenvalue weighted by molar-refractivity contribution is 5.95. The number of rotatable bonds is 7. The van der Waals surface area contributed by atoms with Crippen LogP contribution < -0.4 is 15.4 Å². The molecular formula is C16H23N3O2. The molecule has 0 radical (unpaired) electrons. The molecule has 5 nitrogen and oxygen atoms in total. The lowest BCUT2D eigenvalue weighted by Crippen LogP contribution is -2.33. The van der Waals surface area contributed by atoms with Crippen LogP contribution in [-0.2, 0) is 11.3 Å². The van der Waals surface area contributed by atoms with Gasteiger partial charge in [0.2, 0.25) is 0 Å². The summed E-state index contributed by atoms with van der Waals surface area (Å²) in [4.78, 5) is 13.9. The van der Waals surface area contributed by atoms with E-state index < -0.39 is 0 Å². The first-order valence-corrected chi connectivity index (χ1v) is 7.76. The third-order valence-corrected chi connectivity index (χ3v) is 4.05. The van der Waals surface area contributed by atoms with Gasteiger partial charge in [0.15, 0.2) is 6.61 Å². The standard InChI is InChI=1S/C16H23N3O2/c1-2-19(13-4-5-13)8-7-17-10-12-3-6-15-14(9-12)18-16(20)11-21-15/h3,6,9,13,17H,2,4-5,7-8,10-11H2,1H3,(H,18,20). The molecule has 1 aromatic rings. The fourth-order valence-electron chi connectivity index (χ4n) is 2.73. The van der Waals surface area contributed by atoms with Gasteiger partial charge in [-0.2, -0.15) is 0 Å². The molecule has 1 aliphatic carbocycles. The monoisotopic (exact) mass is 289 g/mol. The first kappa shape index (κ1) is 14.4. The molecule has 0 aromatic heterocycles. The van der Waals surface area contributed by atoms with Gasteiger partial charge >= 0.3 is 0 Å². The van der Waals surface area contributed by atoms with Gasteiger partial charge in [0.05, 0.1) is 5.69 Å². The van der Waals surface area contributed by atoms with Gasteiger partial charge in [-0.3, -0.25) is 9.69 Å². The van der Waals surface area contributed by atoms with Crippen molar-refractivity contribution in [2.75, 3.05) is 31.6 Å². The lowest BCUT2D eigenvalue weighted by Gasteiger charge is -2.20. The van der Waals surface area contributed by atoms with Crippen molar-refractivity contribution in [1.29, 1.82) is 0 Å². The molecule has 1 saturated carbocycles. The molecule has 0 unspecified atom stereocenters. The lowest BCUT2D eigenvalue weighted by atomic mass is 10.1. The Hall–Kier alpha value is -1.59. The maximum atomic E-state index is 11.3. The molecular weight excluding hydrogens is 266 g/mol. The number of carbonyl (C=O) groups is 1. The molecule has 0 atom stereocenters. The largest absolute Gasteiger partial charge is 0.482 e. The van der Waals surface area contributed by atoms with E-state index in [1.807, 2.05) is 18.2 Å². The van der Waals surface area contributed by atoms with Gasteiger partial charge < -0.3 is 15.4 Å². The van der Waals surface area contributed by atoms with Crippen molar-refractivity contribution in [1.82, 2.24) is 10.2 Å². The van der Waals surface area contributed by atoms with Crippen LogP contribution in [0, 0.1) is 0 Å². The van der Waals surface area contributed by atoms with Gasteiger partial charge in [-0.05, 0) is 37.1 Å². The van der Waals surface area contributed by atoms with Crippen LogP contribution in [0.25, 0.3) is 0 Å². The predicted octanol–water partition coefficient (Wildman–Crippen LogP) is 1.59. The summed E-state index contributed by atoms with van der Waals surface area (Å²) in [5, 5.41) is 6.31. The number of amides is 1. The van der Waals surface area contributed by atoms with E-state index in [0.717, 1.165) is 49.2 Å². The Balaban J connectivity index is 1.47. The molecule has 0 spiro atoms. The minimum Gasteiger partial charge on any atom is -0.482 e. The molecule has 3 rings (SSSR count). The average molecular weight is 289 g/mol. The fourth-order valence-corrected chi connectivity index (χ4v) is 2.73. The van der Waals surface area contributed by atoms with Crippen molar-refractivity contribution in [2.24, 2.45) is 0 Å². The number of nitrogens with one attached hydrogen (secondary N) is 2. The summed E-state index contributed by atoms with van der Waals surface area (Å²) < 4.78 is 5.36. The van der Waals surface area contributed by atoms with Gasteiger partial charge in [0, 0.05) is 25.7 Å². The zero-order valence-electron chi connectivity index (χ0n) is 12.5. The molecule has 1 amide bonds. The normalized spacial score (nSPS) is 17.3. The topological polar surface area (TPSA) is 53.6 Å². The zero-order chi connectivity index (χ0) is 14.7. The van der Waals surface area contributed by atoms with Crippen LogP contribution in [0.15, 0.2) is 18.2 Å². The molecule has 2 aliphatic rings. The number of nitrogens with zero attached hydrogens (tertiary/aromatic N) is 1. The number of hydrogen-bond donors (Lipinski definition) is 2. The van der Waals surface area contributed by atoms with E-state index in [9.17, 15) is 4.79 Å². The van der Waals surface area contributed by atoms with Crippen LogP contribution in [0.1, 0.15) is 25.3 Å². The number of anilines is 1. The third kappa shape index (κ3) is 3.74. The van der Waals surface area contributed by atoms with Crippen LogP contribution in [0.3, 0.4) is 0 Å². The van der Waals surface area contributed by atoms with E-state index in [0.29, 0.717) is 0 Å². The predicted molar refractivity (Wildman–Crippen MR) is 82.5 cm³/mol. The first-order valence-electron chi connectivity index (χ1n) is 7.76. The molecule has 0 saturated heterocycles. The van der Waals surface area contributed by atoms with E-state index in [-0.39, 0.29) is 12.5 Å². The van der Waals surface area contributed by atoms with Crippen LogP contribution in [0.4, 0.5) is 5.69 Å². The highest BCUT2D eigenvalue weighted by Crippen LogP contribution is 2.28. The van der Waals surface area contributed by atoms with Crippen molar-refractivity contribution < 1.29 is 9.53 Å². The fraction of sp³-hybridized carbons (Fsp3) is 0.562. The molecule has 114 valence electrons. The Morgan fingerprint density at radius 2 is 2.29 bits per heavy atom. The number of fused-ring (bicyclic) bond motifs is 1. The third-order valence-electron chi connectivity index (χ3n) is 4.05. The van der Waals surface area contributed by atoms with Crippen LogP contribution >= 0.6 is 0 Å². The average Bonchev–Trinajstić information content (AvgIpc) is 3.31. The number of benzene rings is 1. The molecule has 1 aliphatic heterocycles. The maximum absolute atomic E-state index is 11.3. The van der Waals surface area contributed by atoms with Gasteiger partial charge in [-0.1, -0.05) is 13.0 Å². The Kier molecular flexibility index (Phi) is 4.41. The van der Waals surface area contributed by atoms with Gasteiger partial charge in [-0.25, -0.2) is 0 Å². The molecule has 21 heavy (non-hydrogen) atoms. The second kappa shape index (κ2) is 6.45. The maximum Gasteiger partial charge on any atom is 0.262 e. The Labute approximate surface area is 125 Å². The van der Waals surface area contributed by atoms with Crippen LogP contribution in [0.5, 0.6) is 5.75 Å². The van der Waals surface area contributed by atoms with Gasteiger partial charge in [-0.15, -0.1) is 0 Å². The van der Waals surface area contributed by atoms with Crippen LogP contribution in [0.2, 0.25) is 0 Å². The SMILES string of the molecule is CCN(CCNCc1ccc2c(c1)NC(=O)CO2)C1CC1. The number of carbonyl (C=O) groups excluding carboxylic acids is 1. The summed E-state index contributed by atoms with van der Waals surface area (Å²) >= 11 is 0. The van der Waals surface area contributed by atoms with E-state index in [1.54, 1.807) is 0 Å². The summed E-state index contributed by atoms with van der Waals surface area (Å²) in [5.41, 5.74) is 1.94. The number of likely N-dealkylation sites (N-methyl/N-ethyl adjacent to an activating group) is 1. The quantitative estimate of drug-likeness (QED) is 0.749. The highest BCUT2D eigenvalue weighted by atomic mass is 16.5. The van der Waals surface area contributed by atoms with Gasteiger partial charge in [0.25, 0.3) is 5.91 Å². The second-order valence-electron chi connectivity index (χ2n) is 5.70. The minimum absolute atomic E-state index is 0.0874. The first-order chi connectivity index (χ1) is 10.3. The van der Waals surface area contributed by atoms with Crippen LogP contribution in [-0.4, -0.2) is 43.1 Å². The Morgan fingerprint density at radius 3 is 3.05 bits per heavy atom. The number of ether oxygens (including phenoxy) is 1. The van der Waals surface area contributed by atoms with Gasteiger partial charge in [0.1, 0.15) is 5.75 Å². The highest BCUT2D eigenvalue weighted by Gasteiger charge is 2.27. The van der Waals surface area contributed by atoms with Crippen molar-refractivity contribution in [3.63, 3.8) is 0 Å². The van der Waals surface area contributed by atoms with E-state index in [1.165, 1.54) is 12.8 Å². The summed E-state index contributed by atoms with van der Waals surface area (Å²) in [6, 6.07) is 6.78. The summed E-state index contributed by atoms with van der Waals surface area (Å²) in [7, 11) is 0. The van der Waals surface area contributed by atoms with E-state index in [2.05, 4.69) is 22.5 Å². The van der Waals surface area contributed by atoms with Crippen molar-refractivity contribution in [2.45, 2.75) is 32.4 Å². The second-order valence-corrected chi connectivity index (χ2v) is 5.70. The molecule has 0 bridgehead atoms. The smallest absolute Gasteiger partial charge is 0.262 e. The minimum atomic E-state index is -0.0874. The molecule has 2 N–H and O–H groups in total. The molecule has 5 heteroatoms. The lowest BCUT2D eigenvalue weighted by molar-refractivity contribution is -0.118. The summed E-state index contributed by atoms with van der Waals surface area (Å²) in [6.07, 6.45) is 2.72. The summed E-state index contributed by atoms with van der Waals surface area (Å²) in [6.45, 7) is 6.37. The zero-order valence-corrected chi connectivity index (χ0v) is 12.5. The van der Waals surface area contributed by atoms with Crippen molar-refractivity contribution in [3.8, 4) is 5.75 Å². The summed E-state index contributed by atoms with van der Waals surface area (Å²) in [5.74, 6) is 0.667. The van der Waals surface area contributed by atoms with E-state index >= 15 is 0 Å². The Morgan fingerprint density at radius 1 is 1.43 bits per heavy atom. The van der Waals surface area contributed by atoms with Crippen molar-refractivity contribution >= 4 is 11.6 Å². The molecule has 1 fully saturated rings.